The van der Waals surface area contributed by atoms with E-state index in [4.69, 9.17) is 4.74 Å². The summed E-state index contributed by atoms with van der Waals surface area (Å²) >= 11 is 0. The van der Waals surface area contributed by atoms with Gasteiger partial charge in [-0.15, -0.1) is 0 Å². The predicted octanol–water partition coefficient (Wildman–Crippen LogP) is 4.48. The lowest BCUT2D eigenvalue weighted by atomic mass is 9.91. The van der Waals surface area contributed by atoms with E-state index in [0.717, 1.165) is 36.9 Å². The maximum absolute atomic E-state index is 12.9. The van der Waals surface area contributed by atoms with Crippen LogP contribution in [0.5, 0.6) is 0 Å². The van der Waals surface area contributed by atoms with Crippen LogP contribution in [0.3, 0.4) is 0 Å². The number of nitrogens with one attached hydrogen (secondary N) is 2. The Kier molecular flexibility index (Phi) is 5.88. The van der Waals surface area contributed by atoms with Crippen LogP contribution in [0, 0.1) is 5.82 Å². The van der Waals surface area contributed by atoms with E-state index in [1.807, 2.05) is 30.3 Å². The number of alkyl carbamates (subject to hydrolysis) is 1. The van der Waals surface area contributed by atoms with Gasteiger partial charge in [-0.3, -0.25) is 0 Å². The Morgan fingerprint density at radius 2 is 1.60 bits per heavy atom. The second-order valence-electron chi connectivity index (χ2n) is 6.41. The normalized spacial score (nSPS) is 19.9. The lowest BCUT2D eigenvalue weighted by molar-refractivity contribution is 0.132. The van der Waals surface area contributed by atoms with E-state index in [1.165, 1.54) is 12.1 Å². The highest BCUT2D eigenvalue weighted by atomic mass is 19.1. The Morgan fingerprint density at radius 1 is 0.960 bits per heavy atom. The Hall–Kier alpha value is -2.56. The van der Waals surface area contributed by atoms with Crippen LogP contribution in [-0.4, -0.2) is 18.2 Å². The standard InChI is InChI=1S/C20H23FN2O2/c21-16-6-8-17(9-7-16)22-18-10-12-19(13-11-18)23-20(24)25-14-15-4-2-1-3-5-15/h1-9,18-19,22H,10-14H2,(H,23,24)/t18-,19-. The second kappa shape index (κ2) is 8.51. The van der Waals surface area contributed by atoms with E-state index < -0.39 is 0 Å². The molecule has 0 unspecified atom stereocenters. The molecule has 2 aromatic carbocycles. The highest BCUT2D eigenvalue weighted by Crippen LogP contribution is 2.22. The first-order chi connectivity index (χ1) is 12.2. The summed E-state index contributed by atoms with van der Waals surface area (Å²) in [5.41, 5.74) is 1.91. The van der Waals surface area contributed by atoms with Gasteiger partial charge >= 0.3 is 6.09 Å². The van der Waals surface area contributed by atoms with Crippen molar-refractivity contribution in [3.05, 3.63) is 66.0 Å². The molecule has 0 spiro atoms. The average molecular weight is 342 g/mol. The molecule has 132 valence electrons. The van der Waals surface area contributed by atoms with Gasteiger partial charge < -0.3 is 15.4 Å². The first kappa shape index (κ1) is 17.3. The summed E-state index contributed by atoms with van der Waals surface area (Å²) in [4.78, 5) is 11.9. The molecule has 25 heavy (non-hydrogen) atoms. The summed E-state index contributed by atoms with van der Waals surface area (Å²) < 4.78 is 18.2. The summed E-state index contributed by atoms with van der Waals surface area (Å²) in [5.74, 6) is -0.229. The van der Waals surface area contributed by atoms with Crippen LogP contribution in [0.4, 0.5) is 14.9 Å². The molecule has 0 atom stereocenters. The molecule has 4 nitrogen and oxygen atoms in total. The van der Waals surface area contributed by atoms with Crippen molar-refractivity contribution in [1.29, 1.82) is 0 Å². The molecule has 0 aromatic heterocycles. The Labute approximate surface area is 147 Å². The van der Waals surface area contributed by atoms with Crippen molar-refractivity contribution >= 4 is 11.8 Å². The summed E-state index contributed by atoms with van der Waals surface area (Å²) in [7, 11) is 0. The predicted molar refractivity (Wildman–Crippen MR) is 95.8 cm³/mol. The lowest BCUT2D eigenvalue weighted by Crippen LogP contribution is -2.40. The van der Waals surface area contributed by atoms with Gasteiger partial charge in [-0.2, -0.15) is 0 Å². The molecule has 0 saturated heterocycles. The van der Waals surface area contributed by atoms with E-state index in [2.05, 4.69) is 10.6 Å². The molecule has 5 heteroatoms. The summed E-state index contributed by atoms with van der Waals surface area (Å²) in [6.45, 7) is 0.286. The zero-order valence-electron chi connectivity index (χ0n) is 14.1. The molecular formula is C20H23FN2O2. The number of anilines is 1. The van der Waals surface area contributed by atoms with Crippen LogP contribution >= 0.6 is 0 Å². The molecule has 0 bridgehead atoms. The van der Waals surface area contributed by atoms with Crippen LogP contribution in [0.2, 0.25) is 0 Å². The first-order valence-corrected chi connectivity index (χ1v) is 8.68. The van der Waals surface area contributed by atoms with Crippen molar-refractivity contribution in [1.82, 2.24) is 5.32 Å². The summed E-state index contributed by atoms with van der Waals surface area (Å²) in [6.07, 6.45) is 3.36. The number of amides is 1. The molecule has 1 fully saturated rings. The largest absolute Gasteiger partial charge is 0.445 e. The number of benzene rings is 2. The van der Waals surface area contributed by atoms with Crippen LogP contribution in [0.1, 0.15) is 31.2 Å². The number of carbonyl (C=O) groups excluding carboxylic acids is 1. The van der Waals surface area contributed by atoms with Gasteiger partial charge in [0.2, 0.25) is 0 Å². The molecule has 1 saturated carbocycles. The van der Waals surface area contributed by atoms with Crippen molar-refractivity contribution in [3.8, 4) is 0 Å². The van der Waals surface area contributed by atoms with Crippen LogP contribution < -0.4 is 10.6 Å². The van der Waals surface area contributed by atoms with Gasteiger partial charge in [-0.1, -0.05) is 30.3 Å². The van der Waals surface area contributed by atoms with E-state index in [0.29, 0.717) is 6.04 Å². The first-order valence-electron chi connectivity index (χ1n) is 8.68. The summed E-state index contributed by atoms with van der Waals surface area (Å²) in [5, 5.41) is 6.36. The Bertz CT molecular complexity index is 668. The van der Waals surface area contributed by atoms with E-state index >= 15 is 0 Å². The number of carbonyl (C=O) groups is 1. The van der Waals surface area contributed by atoms with E-state index in [1.54, 1.807) is 12.1 Å². The van der Waals surface area contributed by atoms with Crippen LogP contribution in [0.25, 0.3) is 0 Å². The zero-order valence-corrected chi connectivity index (χ0v) is 14.1. The highest BCUT2D eigenvalue weighted by molar-refractivity contribution is 5.67. The van der Waals surface area contributed by atoms with E-state index in [9.17, 15) is 9.18 Å². The quantitative estimate of drug-likeness (QED) is 0.842. The fourth-order valence-electron chi connectivity index (χ4n) is 3.10. The molecular weight excluding hydrogens is 319 g/mol. The third kappa shape index (κ3) is 5.48. The number of ether oxygens (including phenoxy) is 1. The molecule has 0 aliphatic heterocycles. The summed E-state index contributed by atoms with van der Waals surface area (Å²) in [6, 6.07) is 16.6. The lowest BCUT2D eigenvalue weighted by Gasteiger charge is -2.30. The smallest absolute Gasteiger partial charge is 0.407 e. The number of hydrogen-bond donors (Lipinski definition) is 2. The molecule has 2 N–H and O–H groups in total. The number of halogens is 1. The maximum atomic E-state index is 12.9. The fraction of sp³-hybridized carbons (Fsp3) is 0.350. The second-order valence-corrected chi connectivity index (χ2v) is 6.41. The molecule has 2 aromatic rings. The van der Waals surface area contributed by atoms with Gasteiger partial charge in [0.05, 0.1) is 0 Å². The topological polar surface area (TPSA) is 50.4 Å². The number of hydrogen-bond acceptors (Lipinski definition) is 3. The zero-order chi connectivity index (χ0) is 17.5. The Balaban J connectivity index is 1.37. The SMILES string of the molecule is O=C(N[C@H]1CC[C@H](Nc2ccc(F)cc2)CC1)OCc1ccccc1. The van der Waals surface area contributed by atoms with Gasteiger partial charge in [0, 0.05) is 17.8 Å². The van der Waals surface area contributed by atoms with E-state index in [-0.39, 0.29) is 24.6 Å². The molecule has 3 rings (SSSR count). The van der Waals surface area contributed by atoms with Gasteiger partial charge in [0.15, 0.2) is 0 Å². The minimum atomic E-state index is -0.362. The minimum Gasteiger partial charge on any atom is -0.445 e. The fourth-order valence-corrected chi connectivity index (χ4v) is 3.10. The van der Waals surface area contributed by atoms with Crippen LogP contribution in [-0.2, 0) is 11.3 Å². The molecule has 0 heterocycles. The Morgan fingerprint density at radius 3 is 2.28 bits per heavy atom. The van der Waals surface area contributed by atoms with Crippen molar-refractivity contribution in [2.75, 3.05) is 5.32 Å². The minimum absolute atomic E-state index is 0.148. The molecule has 0 radical (unpaired) electrons. The molecule has 1 aliphatic rings. The van der Waals surface area contributed by atoms with Crippen LogP contribution in [0.15, 0.2) is 54.6 Å². The van der Waals surface area contributed by atoms with Gasteiger partial charge in [0.25, 0.3) is 0 Å². The van der Waals surface area contributed by atoms with Crippen molar-refractivity contribution < 1.29 is 13.9 Å². The van der Waals surface area contributed by atoms with Gasteiger partial charge in [0.1, 0.15) is 12.4 Å². The molecule has 1 amide bonds. The third-order valence-electron chi connectivity index (χ3n) is 4.48. The van der Waals surface area contributed by atoms with Gasteiger partial charge in [-0.25, -0.2) is 9.18 Å². The van der Waals surface area contributed by atoms with Crippen molar-refractivity contribution in [2.24, 2.45) is 0 Å². The van der Waals surface area contributed by atoms with Gasteiger partial charge in [-0.05, 0) is 55.5 Å². The monoisotopic (exact) mass is 342 g/mol. The maximum Gasteiger partial charge on any atom is 0.407 e. The molecule has 1 aliphatic carbocycles. The van der Waals surface area contributed by atoms with Crippen molar-refractivity contribution in [2.45, 2.75) is 44.4 Å². The average Bonchev–Trinajstić information content (AvgIpc) is 2.64. The number of rotatable bonds is 5. The highest BCUT2D eigenvalue weighted by Gasteiger charge is 2.22. The third-order valence-corrected chi connectivity index (χ3v) is 4.48. The van der Waals surface area contributed by atoms with Crippen molar-refractivity contribution in [3.63, 3.8) is 0 Å².